The van der Waals surface area contributed by atoms with Gasteiger partial charge in [0.2, 0.25) is 0 Å². The molecule has 0 spiro atoms. The van der Waals surface area contributed by atoms with Crippen LogP contribution < -0.4 is 10.5 Å². The lowest BCUT2D eigenvalue weighted by atomic mass is 10.3. The second kappa shape index (κ2) is 5.04. The molecule has 2 rings (SSSR count). The summed E-state index contributed by atoms with van der Waals surface area (Å²) < 4.78 is 53.0. The van der Waals surface area contributed by atoms with Crippen LogP contribution in [0, 0.1) is 18.6 Å². The highest BCUT2D eigenvalue weighted by Crippen LogP contribution is 2.23. The smallest absolute Gasteiger partial charge is 0.265 e. The van der Waals surface area contributed by atoms with E-state index < -0.39 is 26.6 Å². The van der Waals surface area contributed by atoms with Crippen LogP contribution in [0.15, 0.2) is 35.4 Å². The number of nitrogens with zero attached hydrogens (tertiary/aromatic N) is 1. The molecular weight excluding hydrogens is 288 g/mol. The van der Waals surface area contributed by atoms with E-state index in [1.807, 2.05) is 0 Å². The fraction of sp³-hybridized carbons (Fsp3) is 0.0833. The van der Waals surface area contributed by atoms with Gasteiger partial charge < -0.3 is 5.73 Å². The Balaban J connectivity index is 2.46. The van der Waals surface area contributed by atoms with Crippen LogP contribution in [0.25, 0.3) is 0 Å². The molecule has 2 aromatic rings. The second-order valence-corrected chi connectivity index (χ2v) is 5.76. The van der Waals surface area contributed by atoms with Gasteiger partial charge in [0.25, 0.3) is 10.0 Å². The van der Waals surface area contributed by atoms with Crippen molar-refractivity contribution >= 4 is 21.4 Å². The van der Waals surface area contributed by atoms with Gasteiger partial charge in [0.1, 0.15) is 4.90 Å². The lowest BCUT2D eigenvalue weighted by Crippen LogP contribution is -2.16. The van der Waals surface area contributed by atoms with Gasteiger partial charge in [-0.15, -0.1) is 0 Å². The fourth-order valence-electron chi connectivity index (χ4n) is 1.60. The van der Waals surface area contributed by atoms with Crippen LogP contribution in [0.3, 0.4) is 0 Å². The fourth-order valence-corrected chi connectivity index (χ4v) is 2.77. The van der Waals surface area contributed by atoms with Gasteiger partial charge in [-0.3, -0.25) is 9.71 Å². The molecule has 5 nitrogen and oxygen atoms in total. The number of nitrogen functional groups attached to an aromatic ring is 1. The molecule has 0 aliphatic carbocycles. The van der Waals surface area contributed by atoms with Gasteiger partial charge in [-0.25, -0.2) is 17.2 Å². The first-order chi connectivity index (χ1) is 9.29. The van der Waals surface area contributed by atoms with Gasteiger partial charge in [0, 0.05) is 17.6 Å². The van der Waals surface area contributed by atoms with Gasteiger partial charge in [-0.1, -0.05) is 0 Å². The maximum absolute atomic E-state index is 13.6. The molecule has 8 heteroatoms. The minimum Gasteiger partial charge on any atom is -0.399 e. The maximum Gasteiger partial charge on any atom is 0.265 e. The van der Waals surface area contributed by atoms with Crippen molar-refractivity contribution < 1.29 is 17.2 Å². The third-order valence-corrected chi connectivity index (χ3v) is 3.84. The molecule has 1 aromatic carbocycles. The number of halogens is 2. The van der Waals surface area contributed by atoms with Crippen LogP contribution >= 0.6 is 0 Å². The third kappa shape index (κ3) is 2.85. The third-order valence-electron chi connectivity index (χ3n) is 2.46. The zero-order valence-electron chi connectivity index (χ0n) is 10.4. The minimum atomic E-state index is -4.28. The first-order valence-corrected chi connectivity index (χ1v) is 6.98. The number of rotatable bonds is 3. The molecule has 0 aliphatic heterocycles. The zero-order valence-corrected chi connectivity index (χ0v) is 11.2. The van der Waals surface area contributed by atoms with Crippen molar-refractivity contribution in [2.75, 3.05) is 10.5 Å². The van der Waals surface area contributed by atoms with Crippen molar-refractivity contribution in [1.82, 2.24) is 4.98 Å². The van der Waals surface area contributed by atoms with Gasteiger partial charge in [0.15, 0.2) is 11.6 Å². The van der Waals surface area contributed by atoms with Gasteiger partial charge in [-0.05, 0) is 31.2 Å². The number of sulfonamides is 1. The van der Waals surface area contributed by atoms with Crippen LogP contribution in [0.4, 0.5) is 20.2 Å². The van der Waals surface area contributed by atoms with E-state index in [-0.39, 0.29) is 11.4 Å². The van der Waals surface area contributed by atoms with E-state index in [2.05, 4.69) is 9.71 Å². The molecule has 0 amide bonds. The Morgan fingerprint density at radius 2 is 1.95 bits per heavy atom. The van der Waals surface area contributed by atoms with Crippen molar-refractivity contribution in [1.29, 1.82) is 0 Å². The Labute approximate surface area is 114 Å². The molecule has 20 heavy (non-hydrogen) atoms. The molecule has 106 valence electrons. The molecule has 1 heterocycles. The van der Waals surface area contributed by atoms with E-state index in [0.29, 0.717) is 11.8 Å². The Morgan fingerprint density at radius 1 is 1.25 bits per heavy atom. The van der Waals surface area contributed by atoms with E-state index in [1.54, 1.807) is 6.92 Å². The van der Waals surface area contributed by atoms with Crippen molar-refractivity contribution in [2.24, 2.45) is 0 Å². The summed E-state index contributed by atoms with van der Waals surface area (Å²) in [4.78, 5) is 3.06. The topological polar surface area (TPSA) is 85.1 Å². The van der Waals surface area contributed by atoms with E-state index in [0.717, 1.165) is 6.07 Å². The standard InChI is InChI=1S/C12H11F2N3O2S/c1-7-4-9(2-3-16-7)17-20(18,19)11-6-8(15)5-10(13)12(11)14/h2-6H,15H2,1H3,(H,16,17). The summed E-state index contributed by atoms with van der Waals surface area (Å²) in [5.74, 6) is -2.80. The van der Waals surface area contributed by atoms with E-state index in [4.69, 9.17) is 5.73 Å². The van der Waals surface area contributed by atoms with Gasteiger partial charge in [0.05, 0.1) is 5.69 Å². The van der Waals surface area contributed by atoms with Crippen LogP contribution in [0.1, 0.15) is 5.69 Å². The highest BCUT2D eigenvalue weighted by Gasteiger charge is 2.22. The van der Waals surface area contributed by atoms with Crippen molar-refractivity contribution in [3.8, 4) is 0 Å². The molecule has 0 bridgehead atoms. The summed E-state index contributed by atoms with van der Waals surface area (Å²) in [5.41, 5.74) is 5.92. The number of hydrogen-bond donors (Lipinski definition) is 2. The molecule has 3 N–H and O–H groups in total. The van der Waals surface area contributed by atoms with Crippen molar-refractivity contribution in [2.45, 2.75) is 11.8 Å². The quantitative estimate of drug-likeness (QED) is 0.849. The monoisotopic (exact) mass is 299 g/mol. The molecule has 0 atom stereocenters. The SMILES string of the molecule is Cc1cc(NS(=O)(=O)c2cc(N)cc(F)c2F)ccn1. The maximum atomic E-state index is 13.6. The Bertz CT molecular complexity index is 763. The predicted octanol–water partition coefficient (Wildman–Crippen LogP) is 2.05. The number of anilines is 2. The average molecular weight is 299 g/mol. The highest BCUT2D eigenvalue weighted by atomic mass is 32.2. The molecular formula is C12H11F2N3O2S. The number of hydrogen-bond acceptors (Lipinski definition) is 4. The number of nitrogens with two attached hydrogens (primary N) is 1. The summed E-state index contributed by atoms with van der Waals surface area (Å²) in [5, 5.41) is 0. The Morgan fingerprint density at radius 3 is 2.60 bits per heavy atom. The van der Waals surface area contributed by atoms with Crippen LogP contribution in [-0.2, 0) is 10.0 Å². The summed E-state index contributed by atoms with van der Waals surface area (Å²) in [7, 11) is -4.28. The number of aryl methyl sites for hydroxylation is 1. The molecule has 0 unspecified atom stereocenters. The summed E-state index contributed by atoms with van der Waals surface area (Å²) in [6.07, 6.45) is 1.39. The zero-order chi connectivity index (χ0) is 14.9. The summed E-state index contributed by atoms with van der Waals surface area (Å²) in [6, 6.07) is 4.42. The molecule has 1 aromatic heterocycles. The molecule has 0 fully saturated rings. The van der Waals surface area contributed by atoms with Crippen LogP contribution in [0.5, 0.6) is 0 Å². The van der Waals surface area contributed by atoms with E-state index in [9.17, 15) is 17.2 Å². The second-order valence-electron chi connectivity index (χ2n) is 4.11. The van der Waals surface area contributed by atoms with E-state index in [1.165, 1.54) is 18.3 Å². The van der Waals surface area contributed by atoms with Crippen molar-refractivity contribution in [3.05, 3.63) is 47.8 Å². The average Bonchev–Trinajstić information content (AvgIpc) is 2.33. The minimum absolute atomic E-state index is 0.185. The number of benzene rings is 1. The van der Waals surface area contributed by atoms with Crippen molar-refractivity contribution in [3.63, 3.8) is 0 Å². The van der Waals surface area contributed by atoms with Gasteiger partial charge in [-0.2, -0.15) is 0 Å². The largest absolute Gasteiger partial charge is 0.399 e. The molecule has 0 aliphatic rings. The molecule has 0 radical (unpaired) electrons. The highest BCUT2D eigenvalue weighted by molar-refractivity contribution is 7.92. The lowest BCUT2D eigenvalue weighted by Gasteiger charge is -2.10. The first-order valence-electron chi connectivity index (χ1n) is 5.49. The van der Waals surface area contributed by atoms with E-state index >= 15 is 0 Å². The summed E-state index contributed by atoms with van der Waals surface area (Å²) in [6.45, 7) is 1.67. The summed E-state index contributed by atoms with van der Waals surface area (Å²) >= 11 is 0. The predicted molar refractivity (Wildman–Crippen MR) is 70.6 cm³/mol. The number of aromatic nitrogens is 1. The Hall–Kier alpha value is -2.22. The molecule has 0 saturated carbocycles. The van der Waals surface area contributed by atoms with Crippen LogP contribution in [0.2, 0.25) is 0 Å². The number of pyridine rings is 1. The van der Waals surface area contributed by atoms with Crippen LogP contribution in [-0.4, -0.2) is 13.4 Å². The van der Waals surface area contributed by atoms with Gasteiger partial charge >= 0.3 is 0 Å². The number of nitrogens with one attached hydrogen (secondary N) is 1. The Kier molecular flexibility index (Phi) is 3.58. The normalized spacial score (nSPS) is 11.3. The first kappa shape index (κ1) is 14.2. The lowest BCUT2D eigenvalue weighted by molar-refractivity contribution is 0.486. The molecule has 0 saturated heterocycles.